The van der Waals surface area contributed by atoms with Crippen molar-refractivity contribution in [3.63, 3.8) is 0 Å². The average Bonchev–Trinajstić information content (AvgIpc) is 3.36. The van der Waals surface area contributed by atoms with Crippen LogP contribution in [-0.2, 0) is 14.3 Å². The maximum atomic E-state index is 12.4. The highest BCUT2D eigenvalue weighted by Crippen LogP contribution is 2.16. The third-order valence-corrected chi connectivity index (χ3v) is 14.1. The van der Waals surface area contributed by atoms with Crippen molar-refractivity contribution >= 4 is 11.9 Å². The number of esters is 1. The number of aliphatic hydroxyl groups excluding tert-OH is 2. The van der Waals surface area contributed by atoms with Gasteiger partial charge in [-0.05, 0) is 89.9 Å². The third-order valence-electron chi connectivity index (χ3n) is 14.1. The molecule has 0 aliphatic rings. The van der Waals surface area contributed by atoms with Crippen molar-refractivity contribution in [3.8, 4) is 0 Å². The Kier molecular flexibility index (Phi) is 57.5. The van der Waals surface area contributed by atoms with Crippen molar-refractivity contribution in [1.29, 1.82) is 0 Å². The zero-order chi connectivity index (χ0) is 50.7. The monoisotopic (exact) mass is 982 g/mol. The standard InChI is InChI=1S/C64H119NO5/c1-3-5-7-9-11-13-15-38-42-46-50-54-58-64(69)70-59-55-51-47-43-39-36-34-32-30-28-26-24-22-20-18-16-17-19-21-23-25-27-29-31-33-35-37-41-45-49-53-57-63(68)65-61(60-66)62(67)56-52-48-44-40-14-12-10-8-6-4-2/h11,13,18,20,24,26,52,56,61-62,66-67H,3-10,12,14-17,19,21-23,25,27-51,53-55,57-60H2,1-2H3,(H,65,68)/b13-11-,20-18-,26-24-,56-52+. The molecule has 2 unspecified atom stereocenters. The third kappa shape index (κ3) is 55.1. The first kappa shape index (κ1) is 67.8. The Morgan fingerprint density at radius 1 is 0.400 bits per heavy atom. The lowest BCUT2D eigenvalue weighted by molar-refractivity contribution is -0.143. The minimum absolute atomic E-state index is 0.00225. The number of ether oxygens (including phenoxy) is 1. The smallest absolute Gasteiger partial charge is 0.305 e. The van der Waals surface area contributed by atoms with Gasteiger partial charge in [0.2, 0.25) is 5.91 Å². The van der Waals surface area contributed by atoms with Crippen LogP contribution in [-0.4, -0.2) is 47.4 Å². The zero-order valence-corrected chi connectivity index (χ0v) is 46.7. The van der Waals surface area contributed by atoms with Gasteiger partial charge in [0.15, 0.2) is 0 Å². The molecule has 0 saturated heterocycles. The molecule has 6 heteroatoms. The van der Waals surface area contributed by atoms with Crippen LogP contribution in [0.25, 0.3) is 0 Å². The fourth-order valence-corrected chi connectivity index (χ4v) is 9.31. The number of hydrogen-bond donors (Lipinski definition) is 3. The van der Waals surface area contributed by atoms with Gasteiger partial charge in [-0.2, -0.15) is 0 Å². The molecule has 0 fully saturated rings. The minimum atomic E-state index is -0.842. The van der Waals surface area contributed by atoms with Crippen molar-refractivity contribution < 1.29 is 24.5 Å². The number of nitrogens with one attached hydrogen (secondary N) is 1. The first-order chi connectivity index (χ1) is 34.5. The topological polar surface area (TPSA) is 95.9 Å². The van der Waals surface area contributed by atoms with E-state index in [0.717, 1.165) is 51.4 Å². The largest absolute Gasteiger partial charge is 0.466 e. The molecule has 0 rings (SSSR count). The molecule has 0 heterocycles. The Morgan fingerprint density at radius 3 is 1.13 bits per heavy atom. The SMILES string of the molecule is CCCCC/C=C\CCCCCCCC(=O)OCCCCCCCCCCC/C=C\C/C=C\CCCCCCCCCCCCCCCCCC(=O)NC(CO)C(O)/C=C/CCCCCCCCCC. The van der Waals surface area contributed by atoms with Gasteiger partial charge in [-0.25, -0.2) is 0 Å². The fourth-order valence-electron chi connectivity index (χ4n) is 9.31. The van der Waals surface area contributed by atoms with E-state index in [2.05, 4.69) is 55.6 Å². The number of carbonyl (C=O) groups is 2. The molecule has 3 N–H and O–H groups in total. The van der Waals surface area contributed by atoms with Crippen molar-refractivity contribution in [2.24, 2.45) is 0 Å². The molecule has 0 aromatic carbocycles. The highest BCUT2D eigenvalue weighted by Gasteiger charge is 2.18. The van der Waals surface area contributed by atoms with Gasteiger partial charge in [-0.3, -0.25) is 9.59 Å². The van der Waals surface area contributed by atoms with E-state index in [-0.39, 0.29) is 18.5 Å². The Morgan fingerprint density at radius 2 is 0.714 bits per heavy atom. The first-order valence-electron chi connectivity index (χ1n) is 30.9. The summed E-state index contributed by atoms with van der Waals surface area (Å²) >= 11 is 0. The zero-order valence-electron chi connectivity index (χ0n) is 46.7. The van der Waals surface area contributed by atoms with Gasteiger partial charge in [0, 0.05) is 12.8 Å². The molecule has 0 spiro atoms. The van der Waals surface area contributed by atoms with Gasteiger partial charge in [-0.15, -0.1) is 0 Å². The van der Waals surface area contributed by atoms with E-state index >= 15 is 0 Å². The summed E-state index contributed by atoms with van der Waals surface area (Å²) in [5.41, 5.74) is 0. The number of allylic oxidation sites excluding steroid dienone is 7. The molecule has 0 radical (unpaired) electrons. The van der Waals surface area contributed by atoms with Gasteiger partial charge in [-0.1, -0.05) is 268 Å². The summed E-state index contributed by atoms with van der Waals surface area (Å²) in [6.45, 7) is 4.86. The summed E-state index contributed by atoms with van der Waals surface area (Å²) in [5.74, 6) is -0.0670. The quantitative estimate of drug-likeness (QED) is 0.0321. The second-order valence-corrected chi connectivity index (χ2v) is 21.0. The molecule has 0 aliphatic carbocycles. The number of amides is 1. The Balaban J connectivity index is 3.39. The van der Waals surface area contributed by atoms with Gasteiger partial charge in [0.25, 0.3) is 0 Å². The van der Waals surface area contributed by atoms with Crippen molar-refractivity contribution in [2.45, 2.75) is 334 Å². The summed E-state index contributed by atoms with van der Waals surface area (Å²) in [6, 6.07) is -0.626. The van der Waals surface area contributed by atoms with Crippen LogP contribution in [0, 0.1) is 0 Å². The number of carbonyl (C=O) groups excluding carboxylic acids is 2. The van der Waals surface area contributed by atoms with Gasteiger partial charge >= 0.3 is 5.97 Å². The van der Waals surface area contributed by atoms with Crippen LogP contribution in [0.4, 0.5) is 0 Å². The van der Waals surface area contributed by atoms with E-state index in [0.29, 0.717) is 19.4 Å². The lowest BCUT2D eigenvalue weighted by atomic mass is 10.0. The van der Waals surface area contributed by atoms with Crippen LogP contribution >= 0.6 is 0 Å². The van der Waals surface area contributed by atoms with Crippen LogP contribution in [0.1, 0.15) is 322 Å². The maximum absolute atomic E-state index is 12.4. The number of rotatable bonds is 57. The lowest BCUT2D eigenvalue weighted by Gasteiger charge is -2.20. The first-order valence-corrected chi connectivity index (χ1v) is 30.9. The Bertz CT molecular complexity index is 1180. The summed E-state index contributed by atoms with van der Waals surface area (Å²) in [6.07, 6.45) is 76.0. The lowest BCUT2D eigenvalue weighted by Crippen LogP contribution is -2.45. The van der Waals surface area contributed by atoms with E-state index in [4.69, 9.17) is 4.74 Å². The molecule has 0 aliphatic heterocycles. The van der Waals surface area contributed by atoms with Gasteiger partial charge in [0.05, 0.1) is 25.4 Å². The number of hydrogen-bond acceptors (Lipinski definition) is 5. The molecule has 0 bridgehead atoms. The van der Waals surface area contributed by atoms with Gasteiger partial charge in [0.1, 0.15) is 0 Å². The molecule has 0 aromatic heterocycles. The molecule has 0 saturated carbocycles. The van der Waals surface area contributed by atoms with Gasteiger partial charge < -0.3 is 20.3 Å². The molecule has 0 aromatic rings. The normalized spacial score (nSPS) is 12.9. The van der Waals surface area contributed by atoms with Crippen LogP contribution in [0.15, 0.2) is 48.6 Å². The molecular formula is C64H119NO5. The number of aliphatic hydroxyl groups is 2. The summed E-state index contributed by atoms with van der Waals surface area (Å²) in [5, 5.41) is 23.0. The predicted molar refractivity (Wildman–Crippen MR) is 306 cm³/mol. The molecule has 1 amide bonds. The number of unbranched alkanes of at least 4 members (excludes halogenated alkanes) is 40. The highest BCUT2D eigenvalue weighted by molar-refractivity contribution is 5.76. The van der Waals surface area contributed by atoms with E-state index in [1.54, 1.807) is 6.08 Å². The molecule has 70 heavy (non-hydrogen) atoms. The summed E-state index contributed by atoms with van der Waals surface area (Å²) < 4.78 is 5.46. The second-order valence-electron chi connectivity index (χ2n) is 21.0. The van der Waals surface area contributed by atoms with E-state index in [9.17, 15) is 19.8 Å². The molecule has 6 nitrogen and oxygen atoms in total. The van der Waals surface area contributed by atoms with Crippen LogP contribution in [0.5, 0.6) is 0 Å². The summed E-state index contributed by atoms with van der Waals surface area (Å²) in [4.78, 5) is 24.4. The van der Waals surface area contributed by atoms with E-state index < -0.39 is 12.1 Å². The van der Waals surface area contributed by atoms with Crippen molar-refractivity contribution in [2.75, 3.05) is 13.2 Å². The highest BCUT2D eigenvalue weighted by atomic mass is 16.5. The van der Waals surface area contributed by atoms with Crippen LogP contribution < -0.4 is 5.32 Å². The average molecular weight is 983 g/mol. The van der Waals surface area contributed by atoms with Crippen LogP contribution in [0.2, 0.25) is 0 Å². The summed E-state index contributed by atoms with van der Waals surface area (Å²) in [7, 11) is 0. The Labute approximate surface area is 436 Å². The minimum Gasteiger partial charge on any atom is -0.466 e. The fraction of sp³-hybridized carbons (Fsp3) is 0.844. The Hall–Kier alpha value is -2.18. The second kappa shape index (κ2) is 59.4. The molecule has 410 valence electrons. The van der Waals surface area contributed by atoms with E-state index in [1.807, 2.05) is 6.08 Å². The van der Waals surface area contributed by atoms with E-state index in [1.165, 1.54) is 244 Å². The van der Waals surface area contributed by atoms with Crippen molar-refractivity contribution in [1.82, 2.24) is 5.32 Å². The molecule has 2 atom stereocenters. The maximum Gasteiger partial charge on any atom is 0.305 e. The molecular weight excluding hydrogens is 863 g/mol. The van der Waals surface area contributed by atoms with Crippen LogP contribution in [0.3, 0.4) is 0 Å². The predicted octanol–water partition coefficient (Wildman–Crippen LogP) is 19.4. The van der Waals surface area contributed by atoms with Crippen molar-refractivity contribution in [3.05, 3.63) is 48.6 Å².